The Bertz CT molecular complexity index is 226. The SMILES string of the molecule is CCC[C@@H]1OC(=O)/C(=C\Cl)[C@H]1CCl. The van der Waals surface area contributed by atoms with E-state index < -0.39 is 0 Å². The third-order valence-electron chi connectivity index (χ3n) is 2.20. The molecule has 0 aliphatic carbocycles. The first-order valence-corrected chi connectivity index (χ1v) is 5.28. The Kier molecular flexibility index (Phi) is 4.07. The van der Waals surface area contributed by atoms with Crippen molar-refractivity contribution in [3.8, 4) is 0 Å². The molecule has 0 N–H and O–H groups in total. The number of ether oxygens (including phenoxy) is 1. The summed E-state index contributed by atoms with van der Waals surface area (Å²) in [4.78, 5) is 11.2. The van der Waals surface area contributed by atoms with Gasteiger partial charge >= 0.3 is 5.97 Å². The molecule has 1 aliphatic heterocycles. The van der Waals surface area contributed by atoms with Gasteiger partial charge in [0, 0.05) is 17.3 Å². The van der Waals surface area contributed by atoms with Gasteiger partial charge in [-0.3, -0.25) is 0 Å². The summed E-state index contributed by atoms with van der Waals surface area (Å²) in [5, 5.41) is 0. The first-order valence-electron chi connectivity index (χ1n) is 4.31. The molecular formula is C9H12Cl2O2. The number of hydrogen-bond donors (Lipinski definition) is 0. The molecule has 0 radical (unpaired) electrons. The molecule has 2 nitrogen and oxygen atoms in total. The van der Waals surface area contributed by atoms with Crippen LogP contribution in [-0.4, -0.2) is 18.0 Å². The molecule has 0 amide bonds. The van der Waals surface area contributed by atoms with Crippen LogP contribution in [0.2, 0.25) is 0 Å². The van der Waals surface area contributed by atoms with Crippen LogP contribution in [0.5, 0.6) is 0 Å². The minimum atomic E-state index is -0.320. The Balaban J connectivity index is 2.75. The number of alkyl halides is 1. The van der Waals surface area contributed by atoms with Gasteiger partial charge in [-0.25, -0.2) is 4.79 Å². The van der Waals surface area contributed by atoms with Crippen LogP contribution in [0.3, 0.4) is 0 Å². The lowest BCUT2D eigenvalue weighted by Crippen LogP contribution is -2.17. The highest BCUT2D eigenvalue weighted by Gasteiger charge is 2.38. The van der Waals surface area contributed by atoms with Gasteiger partial charge < -0.3 is 4.74 Å². The predicted molar refractivity (Wildman–Crippen MR) is 52.9 cm³/mol. The fourth-order valence-corrected chi connectivity index (χ4v) is 2.11. The molecule has 74 valence electrons. The Labute approximate surface area is 87.8 Å². The van der Waals surface area contributed by atoms with E-state index in [-0.39, 0.29) is 18.0 Å². The Morgan fingerprint density at radius 2 is 2.31 bits per heavy atom. The van der Waals surface area contributed by atoms with E-state index in [9.17, 15) is 4.79 Å². The number of halogens is 2. The predicted octanol–water partition coefficient (Wildman–Crippen LogP) is 2.69. The highest BCUT2D eigenvalue weighted by Crippen LogP contribution is 2.31. The summed E-state index contributed by atoms with van der Waals surface area (Å²) in [5.41, 5.74) is 1.79. The number of carbonyl (C=O) groups excluding carboxylic acids is 1. The number of rotatable bonds is 3. The van der Waals surface area contributed by atoms with Crippen molar-refractivity contribution in [1.82, 2.24) is 0 Å². The summed E-state index contributed by atoms with van der Waals surface area (Å²) in [6, 6.07) is 0. The average Bonchev–Trinajstić information content (AvgIpc) is 2.41. The van der Waals surface area contributed by atoms with Gasteiger partial charge in [0.25, 0.3) is 0 Å². The van der Waals surface area contributed by atoms with Crippen molar-refractivity contribution >= 4 is 29.2 Å². The molecular weight excluding hydrogens is 211 g/mol. The van der Waals surface area contributed by atoms with E-state index in [1.807, 2.05) is 6.92 Å². The second-order valence-corrected chi connectivity index (χ2v) is 3.58. The van der Waals surface area contributed by atoms with E-state index in [4.69, 9.17) is 27.9 Å². The highest BCUT2D eigenvalue weighted by molar-refractivity contribution is 6.28. The number of carbonyl (C=O) groups is 1. The van der Waals surface area contributed by atoms with E-state index in [2.05, 4.69) is 0 Å². The average molecular weight is 223 g/mol. The van der Waals surface area contributed by atoms with Crippen LogP contribution >= 0.6 is 23.2 Å². The molecule has 13 heavy (non-hydrogen) atoms. The van der Waals surface area contributed by atoms with Gasteiger partial charge in [0.2, 0.25) is 0 Å². The van der Waals surface area contributed by atoms with Crippen molar-refractivity contribution in [2.45, 2.75) is 25.9 Å². The maximum Gasteiger partial charge on any atom is 0.335 e. The molecule has 0 bridgehead atoms. The van der Waals surface area contributed by atoms with Gasteiger partial charge in [-0.05, 0) is 6.42 Å². The topological polar surface area (TPSA) is 26.3 Å². The van der Waals surface area contributed by atoms with Crippen LogP contribution in [0.25, 0.3) is 0 Å². The summed E-state index contributed by atoms with van der Waals surface area (Å²) in [5.74, 6) is 0.0281. The van der Waals surface area contributed by atoms with Crippen molar-refractivity contribution in [1.29, 1.82) is 0 Å². The molecule has 0 spiro atoms. The van der Waals surface area contributed by atoms with Gasteiger partial charge in [-0.1, -0.05) is 24.9 Å². The Hall–Kier alpha value is -0.210. The molecule has 2 atom stereocenters. The summed E-state index contributed by atoms with van der Waals surface area (Å²) in [6.07, 6.45) is 1.73. The van der Waals surface area contributed by atoms with E-state index in [1.54, 1.807) is 0 Å². The van der Waals surface area contributed by atoms with Crippen molar-refractivity contribution in [2.75, 3.05) is 5.88 Å². The lowest BCUT2D eigenvalue weighted by Gasteiger charge is -2.13. The molecule has 0 aromatic heterocycles. The van der Waals surface area contributed by atoms with Crippen LogP contribution < -0.4 is 0 Å². The molecule has 4 heteroatoms. The maximum atomic E-state index is 11.2. The summed E-state index contributed by atoms with van der Waals surface area (Å²) in [7, 11) is 0. The third kappa shape index (κ3) is 2.18. The van der Waals surface area contributed by atoms with Crippen LogP contribution in [0.1, 0.15) is 19.8 Å². The van der Waals surface area contributed by atoms with E-state index >= 15 is 0 Å². The quantitative estimate of drug-likeness (QED) is 0.417. The van der Waals surface area contributed by atoms with E-state index in [0.29, 0.717) is 11.5 Å². The van der Waals surface area contributed by atoms with Crippen LogP contribution in [0.4, 0.5) is 0 Å². The zero-order valence-corrected chi connectivity index (χ0v) is 8.94. The molecule has 0 aromatic carbocycles. The van der Waals surface area contributed by atoms with Gasteiger partial charge in [-0.2, -0.15) is 0 Å². The third-order valence-corrected chi connectivity index (χ3v) is 2.77. The second-order valence-electron chi connectivity index (χ2n) is 3.06. The lowest BCUT2D eigenvalue weighted by molar-refractivity contribution is -0.139. The van der Waals surface area contributed by atoms with E-state index in [1.165, 1.54) is 5.54 Å². The van der Waals surface area contributed by atoms with Crippen molar-refractivity contribution < 1.29 is 9.53 Å². The normalized spacial score (nSPS) is 31.0. The summed E-state index contributed by atoms with van der Waals surface area (Å²) < 4.78 is 5.13. The fourth-order valence-electron chi connectivity index (χ4n) is 1.49. The number of esters is 1. The van der Waals surface area contributed by atoms with Gasteiger partial charge in [0.15, 0.2) is 0 Å². The van der Waals surface area contributed by atoms with Crippen LogP contribution in [0, 0.1) is 5.92 Å². The minimum Gasteiger partial charge on any atom is -0.458 e. The first kappa shape index (κ1) is 10.9. The standard InChI is InChI=1S/C9H12Cl2O2/c1-2-3-8-6(4-10)7(5-11)9(12)13-8/h5-6,8H,2-4H2,1H3/b7-5-/t6-,8+/m1/s1. The van der Waals surface area contributed by atoms with E-state index in [0.717, 1.165) is 12.8 Å². The summed E-state index contributed by atoms with van der Waals surface area (Å²) in [6.45, 7) is 2.04. The summed E-state index contributed by atoms with van der Waals surface area (Å²) >= 11 is 11.3. The molecule has 1 fully saturated rings. The molecule has 1 aliphatic rings. The lowest BCUT2D eigenvalue weighted by atomic mass is 9.96. The molecule has 1 rings (SSSR count). The smallest absolute Gasteiger partial charge is 0.335 e. The van der Waals surface area contributed by atoms with Gasteiger partial charge in [-0.15, -0.1) is 11.6 Å². The molecule has 1 saturated heterocycles. The Morgan fingerprint density at radius 3 is 2.77 bits per heavy atom. The maximum absolute atomic E-state index is 11.2. The van der Waals surface area contributed by atoms with Crippen molar-refractivity contribution in [3.63, 3.8) is 0 Å². The second kappa shape index (κ2) is 4.87. The van der Waals surface area contributed by atoms with Gasteiger partial charge in [0.05, 0.1) is 5.57 Å². The van der Waals surface area contributed by atoms with Crippen LogP contribution in [0.15, 0.2) is 11.1 Å². The zero-order chi connectivity index (χ0) is 9.84. The highest BCUT2D eigenvalue weighted by atomic mass is 35.5. The minimum absolute atomic E-state index is 0.0355. The molecule has 0 saturated carbocycles. The fraction of sp³-hybridized carbons (Fsp3) is 0.667. The number of hydrogen-bond acceptors (Lipinski definition) is 2. The molecule has 1 heterocycles. The molecule has 0 aromatic rings. The monoisotopic (exact) mass is 222 g/mol. The molecule has 0 unspecified atom stereocenters. The Morgan fingerprint density at radius 1 is 1.62 bits per heavy atom. The zero-order valence-electron chi connectivity index (χ0n) is 7.43. The largest absolute Gasteiger partial charge is 0.458 e. The van der Waals surface area contributed by atoms with Crippen LogP contribution in [-0.2, 0) is 9.53 Å². The van der Waals surface area contributed by atoms with Gasteiger partial charge in [0.1, 0.15) is 6.10 Å². The van der Waals surface area contributed by atoms with Crippen molar-refractivity contribution in [3.05, 3.63) is 11.1 Å². The number of cyclic esters (lactones) is 1. The van der Waals surface area contributed by atoms with Crippen molar-refractivity contribution in [2.24, 2.45) is 5.92 Å². The first-order chi connectivity index (χ1) is 6.24.